The zero-order valence-electron chi connectivity index (χ0n) is 15.8. The molecule has 0 aliphatic heterocycles. The first-order valence-electron chi connectivity index (χ1n) is 8.47. The average Bonchev–Trinajstić information content (AvgIpc) is 2.49. The Morgan fingerprint density at radius 1 is 0.760 bits per heavy atom. The van der Waals surface area contributed by atoms with Gasteiger partial charge in [-0.05, 0) is 20.8 Å². The lowest BCUT2D eigenvalue weighted by molar-refractivity contribution is -0.156. The van der Waals surface area contributed by atoms with Crippen LogP contribution in [0.5, 0.6) is 0 Å². The van der Waals surface area contributed by atoms with E-state index in [1.165, 1.54) is 11.8 Å². The summed E-state index contributed by atoms with van der Waals surface area (Å²) in [4.78, 5) is 22.1. The molecule has 7 nitrogen and oxygen atoms in total. The Labute approximate surface area is 155 Å². The van der Waals surface area contributed by atoms with Crippen LogP contribution in [-0.4, -0.2) is 75.3 Å². The van der Waals surface area contributed by atoms with Crippen molar-refractivity contribution in [3.8, 4) is 0 Å². The second-order valence-electron chi connectivity index (χ2n) is 6.13. The molecule has 25 heavy (non-hydrogen) atoms. The summed E-state index contributed by atoms with van der Waals surface area (Å²) in [5.41, 5.74) is -0.460. The number of hydrogen-bond donors (Lipinski definition) is 0. The van der Waals surface area contributed by atoms with E-state index in [1.54, 1.807) is 6.92 Å². The van der Waals surface area contributed by atoms with Gasteiger partial charge in [0.05, 0.1) is 59.3 Å². The summed E-state index contributed by atoms with van der Waals surface area (Å²) in [5.74, 6) is 0.413. The SMILES string of the molecule is CC(=O)SCCOCCOCCOCCOCCC(=O)OC(C)(C)C. The first-order chi connectivity index (χ1) is 11.8. The Morgan fingerprint density at radius 2 is 1.20 bits per heavy atom. The minimum atomic E-state index is -0.460. The summed E-state index contributed by atoms with van der Waals surface area (Å²) in [6.07, 6.45) is 0.241. The van der Waals surface area contributed by atoms with Crippen molar-refractivity contribution in [3.63, 3.8) is 0 Å². The third kappa shape index (κ3) is 21.3. The van der Waals surface area contributed by atoms with Gasteiger partial charge in [0.25, 0.3) is 0 Å². The molecule has 0 unspecified atom stereocenters. The molecule has 0 aromatic heterocycles. The average molecular weight is 381 g/mol. The molecular formula is C17H32O7S. The molecule has 0 spiro atoms. The van der Waals surface area contributed by atoms with Crippen LogP contribution in [0.4, 0.5) is 0 Å². The molecule has 0 amide bonds. The monoisotopic (exact) mass is 380 g/mol. The van der Waals surface area contributed by atoms with E-state index in [-0.39, 0.29) is 17.5 Å². The molecular weight excluding hydrogens is 348 g/mol. The number of rotatable bonds is 15. The number of esters is 1. The molecule has 0 saturated carbocycles. The van der Waals surface area contributed by atoms with E-state index in [9.17, 15) is 9.59 Å². The van der Waals surface area contributed by atoms with E-state index in [4.69, 9.17) is 23.7 Å². The number of ether oxygens (including phenoxy) is 5. The Kier molecular flexibility index (Phi) is 15.2. The summed E-state index contributed by atoms with van der Waals surface area (Å²) in [5, 5.41) is 0.103. The number of thioether (sulfide) groups is 1. The van der Waals surface area contributed by atoms with Crippen LogP contribution in [0, 0.1) is 0 Å². The molecule has 0 aromatic carbocycles. The smallest absolute Gasteiger partial charge is 0.308 e. The normalized spacial score (nSPS) is 11.5. The second-order valence-corrected chi connectivity index (χ2v) is 7.40. The lowest BCUT2D eigenvalue weighted by atomic mass is 10.2. The number of carbonyl (C=O) groups excluding carboxylic acids is 2. The van der Waals surface area contributed by atoms with Gasteiger partial charge in [-0.3, -0.25) is 9.59 Å². The summed E-state index contributed by atoms with van der Waals surface area (Å²) < 4.78 is 26.5. The Hall–Kier alpha value is -0.670. The van der Waals surface area contributed by atoms with E-state index >= 15 is 0 Å². The van der Waals surface area contributed by atoms with Crippen molar-refractivity contribution < 1.29 is 33.3 Å². The second kappa shape index (κ2) is 15.6. The van der Waals surface area contributed by atoms with Crippen LogP contribution in [0.1, 0.15) is 34.1 Å². The van der Waals surface area contributed by atoms with Gasteiger partial charge in [-0.1, -0.05) is 11.8 Å². The lowest BCUT2D eigenvalue weighted by Gasteiger charge is -2.19. The van der Waals surface area contributed by atoms with Gasteiger partial charge in [-0.25, -0.2) is 0 Å². The first kappa shape index (κ1) is 24.3. The molecule has 0 saturated heterocycles. The van der Waals surface area contributed by atoms with Gasteiger partial charge in [-0.15, -0.1) is 0 Å². The first-order valence-corrected chi connectivity index (χ1v) is 9.46. The lowest BCUT2D eigenvalue weighted by Crippen LogP contribution is -2.24. The molecule has 0 rings (SSSR count). The number of carbonyl (C=O) groups is 2. The van der Waals surface area contributed by atoms with Gasteiger partial charge in [-0.2, -0.15) is 0 Å². The van der Waals surface area contributed by atoms with E-state index < -0.39 is 5.60 Å². The van der Waals surface area contributed by atoms with E-state index in [0.29, 0.717) is 58.6 Å². The highest BCUT2D eigenvalue weighted by Crippen LogP contribution is 2.08. The maximum atomic E-state index is 11.4. The Balaban J connectivity index is 3.17. The highest BCUT2D eigenvalue weighted by Gasteiger charge is 2.15. The molecule has 0 aliphatic rings. The third-order valence-corrected chi connectivity index (χ3v) is 3.30. The molecule has 0 N–H and O–H groups in total. The van der Waals surface area contributed by atoms with Crippen LogP contribution in [0.3, 0.4) is 0 Å². The Bertz CT molecular complexity index is 355. The molecule has 0 atom stereocenters. The van der Waals surface area contributed by atoms with E-state index in [2.05, 4.69) is 0 Å². The summed E-state index contributed by atoms with van der Waals surface area (Å²) in [7, 11) is 0. The summed E-state index contributed by atoms with van der Waals surface area (Å²) >= 11 is 1.26. The van der Waals surface area contributed by atoms with Crippen LogP contribution < -0.4 is 0 Å². The highest BCUT2D eigenvalue weighted by molar-refractivity contribution is 8.13. The van der Waals surface area contributed by atoms with Gasteiger partial charge in [0.1, 0.15) is 5.60 Å². The van der Waals surface area contributed by atoms with Crippen molar-refractivity contribution in [1.29, 1.82) is 0 Å². The summed E-state index contributed by atoms with van der Waals surface area (Å²) in [6.45, 7) is 10.8. The molecule has 0 aromatic rings. The molecule has 0 radical (unpaired) electrons. The maximum Gasteiger partial charge on any atom is 0.308 e. The zero-order valence-corrected chi connectivity index (χ0v) is 16.7. The minimum absolute atomic E-state index is 0.103. The van der Waals surface area contributed by atoms with Gasteiger partial charge in [0.2, 0.25) is 0 Å². The fraction of sp³-hybridized carbons (Fsp3) is 0.882. The van der Waals surface area contributed by atoms with Crippen LogP contribution in [0.15, 0.2) is 0 Å². The van der Waals surface area contributed by atoms with Crippen LogP contribution in [0.25, 0.3) is 0 Å². The number of hydrogen-bond acceptors (Lipinski definition) is 8. The van der Waals surface area contributed by atoms with Crippen LogP contribution in [-0.2, 0) is 33.3 Å². The largest absolute Gasteiger partial charge is 0.460 e. The van der Waals surface area contributed by atoms with Crippen molar-refractivity contribution in [2.75, 3.05) is 58.6 Å². The zero-order chi connectivity index (χ0) is 19.0. The fourth-order valence-corrected chi connectivity index (χ4v) is 2.04. The van der Waals surface area contributed by atoms with Crippen molar-refractivity contribution >= 4 is 22.8 Å². The van der Waals surface area contributed by atoms with Crippen LogP contribution in [0.2, 0.25) is 0 Å². The highest BCUT2D eigenvalue weighted by atomic mass is 32.2. The standard InChI is InChI=1S/C17H32O7S/c1-15(18)25-14-13-23-12-11-22-10-9-21-8-7-20-6-5-16(19)24-17(2,3)4/h5-14H2,1-4H3. The molecule has 0 aliphatic carbocycles. The molecule has 0 heterocycles. The van der Waals surface area contributed by atoms with Gasteiger partial charge >= 0.3 is 5.97 Å². The predicted molar refractivity (Wildman–Crippen MR) is 96.9 cm³/mol. The molecule has 0 fully saturated rings. The van der Waals surface area contributed by atoms with Crippen molar-refractivity contribution in [3.05, 3.63) is 0 Å². The predicted octanol–water partition coefficient (Wildman–Crippen LogP) is 2.06. The maximum absolute atomic E-state index is 11.4. The topological polar surface area (TPSA) is 80.3 Å². The summed E-state index contributed by atoms with van der Waals surface area (Å²) in [6, 6.07) is 0. The van der Waals surface area contributed by atoms with Crippen molar-refractivity contribution in [1.82, 2.24) is 0 Å². The Morgan fingerprint density at radius 3 is 1.64 bits per heavy atom. The van der Waals surface area contributed by atoms with Crippen molar-refractivity contribution in [2.45, 2.75) is 39.7 Å². The van der Waals surface area contributed by atoms with E-state index in [0.717, 1.165) is 0 Å². The quantitative estimate of drug-likeness (QED) is 0.315. The van der Waals surface area contributed by atoms with Gasteiger partial charge in [0.15, 0.2) is 5.12 Å². The van der Waals surface area contributed by atoms with E-state index in [1.807, 2.05) is 20.8 Å². The van der Waals surface area contributed by atoms with Crippen molar-refractivity contribution in [2.24, 2.45) is 0 Å². The van der Waals surface area contributed by atoms with Gasteiger partial charge < -0.3 is 23.7 Å². The third-order valence-electron chi connectivity index (χ3n) is 2.52. The van der Waals surface area contributed by atoms with Gasteiger partial charge in [0, 0.05) is 12.7 Å². The minimum Gasteiger partial charge on any atom is -0.460 e. The molecule has 8 heteroatoms. The fourth-order valence-electron chi connectivity index (χ4n) is 1.55. The van der Waals surface area contributed by atoms with Crippen LogP contribution >= 0.6 is 11.8 Å². The molecule has 0 bridgehead atoms. The molecule has 148 valence electrons.